The van der Waals surface area contributed by atoms with E-state index >= 15 is 0 Å². The van der Waals surface area contributed by atoms with Gasteiger partial charge in [-0.1, -0.05) is 63.4 Å². The molecule has 8 heteroatoms. The molecule has 1 aromatic rings. The van der Waals surface area contributed by atoms with Crippen molar-refractivity contribution >= 4 is 29.0 Å². The molecule has 0 heterocycles. The van der Waals surface area contributed by atoms with Gasteiger partial charge in [-0.15, -0.1) is 0 Å². The van der Waals surface area contributed by atoms with Crippen LogP contribution in [0.3, 0.4) is 0 Å². The maximum absolute atomic E-state index is 12.5. The number of nitrogens with one attached hydrogen (secondary N) is 2. The number of nitro groups is 1. The Morgan fingerprint density at radius 2 is 1.71 bits per heavy atom. The number of non-ortho nitro benzene ring substituents is 1. The van der Waals surface area contributed by atoms with Crippen molar-refractivity contribution in [2.75, 3.05) is 0 Å². The number of thiocarbonyl (C=S) groups is 1. The molecular formula is C23H35N3O4S. The highest BCUT2D eigenvalue weighted by Gasteiger charge is 2.32. The van der Waals surface area contributed by atoms with Crippen LogP contribution in [0, 0.1) is 22.0 Å². The highest BCUT2D eigenvalue weighted by molar-refractivity contribution is 7.80. The number of rotatable bonds is 7. The maximum Gasteiger partial charge on any atom is 0.408 e. The molecule has 1 aliphatic carbocycles. The Morgan fingerprint density at radius 1 is 1.13 bits per heavy atom. The second-order valence-electron chi connectivity index (χ2n) is 9.46. The Morgan fingerprint density at radius 3 is 2.23 bits per heavy atom. The second-order valence-corrected chi connectivity index (χ2v) is 9.90. The van der Waals surface area contributed by atoms with E-state index in [0.29, 0.717) is 10.9 Å². The summed E-state index contributed by atoms with van der Waals surface area (Å²) in [5.74, 6) is 0.653. The number of carbonyl (C=O) groups is 1. The summed E-state index contributed by atoms with van der Waals surface area (Å²) >= 11 is 5.73. The zero-order valence-corrected chi connectivity index (χ0v) is 20.0. The minimum absolute atomic E-state index is 0.0499. The van der Waals surface area contributed by atoms with Crippen LogP contribution in [0.1, 0.15) is 78.3 Å². The zero-order valence-electron chi connectivity index (χ0n) is 19.1. The first kappa shape index (κ1) is 25.0. The fourth-order valence-corrected chi connectivity index (χ4v) is 4.52. The third kappa shape index (κ3) is 7.76. The molecule has 0 saturated heterocycles. The van der Waals surface area contributed by atoms with Gasteiger partial charge in [-0.05, 0) is 45.1 Å². The van der Waals surface area contributed by atoms with E-state index in [-0.39, 0.29) is 23.7 Å². The number of benzene rings is 1. The molecule has 2 N–H and O–H groups in total. The lowest BCUT2D eigenvalue weighted by Crippen LogP contribution is -2.52. The van der Waals surface area contributed by atoms with E-state index in [2.05, 4.69) is 17.6 Å². The molecule has 0 spiro atoms. The van der Waals surface area contributed by atoms with Crippen molar-refractivity contribution in [1.29, 1.82) is 0 Å². The molecule has 1 aliphatic rings. The van der Waals surface area contributed by atoms with E-state index in [1.807, 2.05) is 27.7 Å². The average Bonchev–Trinajstić information content (AvgIpc) is 2.70. The molecule has 1 aromatic carbocycles. The predicted octanol–water partition coefficient (Wildman–Crippen LogP) is 5.68. The number of hydrogen-bond acceptors (Lipinski definition) is 5. The van der Waals surface area contributed by atoms with Crippen LogP contribution in [0.25, 0.3) is 0 Å². The standard InChI is InChI=1S/C23H35N3O4S/c1-15(17-9-7-6-8-10-17)20(25-22(27)30-23(3,4)5)21(31)24-16(2)18-11-13-19(14-12-18)26(28)29/h11-17,20H,6-10H2,1-5H3,(H,24,31)(H,25,27)/t15?,16-,20+/m1/s1. The quantitative estimate of drug-likeness (QED) is 0.316. The lowest BCUT2D eigenvalue weighted by molar-refractivity contribution is -0.384. The van der Waals surface area contributed by atoms with Crippen molar-refractivity contribution in [3.63, 3.8) is 0 Å². The Hall–Kier alpha value is -2.22. The number of amides is 1. The molecular weight excluding hydrogens is 414 g/mol. The molecule has 0 aliphatic heterocycles. The minimum Gasteiger partial charge on any atom is -0.444 e. The van der Waals surface area contributed by atoms with Crippen LogP contribution in [0.5, 0.6) is 0 Å². The van der Waals surface area contributed by atoms with Crippen LogP contribution in [-0.2, 0) is 4.74 Å². The first-order valence-electron chi connectivity index (χ1n) is 11.0. The molecule has 1 fully saturated rings. The van der Waals surface area contributed by atoms with Crippen molar-refractivity contribution in [2.24, 2.45) is 11.8 Å². The van der Waals surface area contributed by atoms with Crippen LogP contribution in [0.2, 0.25) is 0 Å². The normalized spacial score (nSPS) is 17.8. The van der Waals surface area contributed by atoms with Crippen LogP contribution in [0.4, 0.5) is 10.5 Å². The van der Waals surface area contributed by atoms with Gasteiger partial charge in [0.1, 0.15) is 5.60 Å². The van der Waals surface area contributed by atoms with Gasteiger partial charge in [0.05, 0.1) is 16.0 Å². The summed E-state index contributed by atoms with van der Waals surface area (Å²) in [4.78, 5) is 23.6. The van der Waals surface area contributed by atoms with Crippen LogP contribution in [0.15, 0.2) is 24.3 Å². The maximum atomic E-state index is 12.5. The Labute approximate surface area is 190 Å². The zero-order chi connectivity index (χ0) is 23.2. The number of nitro benzene ring substituents is 1. The first-order valence-corrected chi connectivity index (χ1v) is 11.4. The number of carbonyl (C=O) groups excluding carboxylic acids is 1. The van der Waals surface area contributed by atoms with Crippen molar-refractivity contribution in [3.05, 3.63) is 39.9 Å². The van der Waals surface area contributed by atoms with Gasteiger partial charge < -0.3 is 15.4 Å². The van der Waals surface area contributed by atoms with Gasteiger partial charge in [-0.3, -0.25) is 10.1 Å². The Bertz CT molecular complexity index is 770. The van der Waals surface area contributed by atoms with Crippen LogP contribution in [-0.4, -0.2) is 27.6 Å². The molecule has 172 valence electrons. The van der Waals surface area contributed by atoms with Gasteiger partial charge in [-0.2, -0.15) is 0 Å². The average molecular weight is 450 g/mol. The summed E-state index contributed by atoms with van der Waals surface area (Å²) in [5.41, 5.74) is 0.340. The highest BCUT2D eigenvalue weighted by atomic mass is 32.1. The molecule has 0 bridgehead atoms. The number of hydrogen-bond donors (Lipinski definition) is 2. The van der Waals surface area contributed by atoms with Gasteiger partial charge in [0.15, 0.2) is 0 Å². The number of ether oxygens (including phenoxy) is 1. The van der Waals surface area contributed by atoms with Gasteiger partial charge in [0.25, 0.3) is 5.69 Å². The van der Waals surface area contributed by atoms with E-state index in [0.717, 1.165) is 18.4 Å². The summed E-state index contributed by atoms with van der Waals surface area (Å²) in [5, 5.41) is 17.2. The monoisotopic (exact) mass is 449 g/mol. The molecule has 0 aromatic heterocycles. The molecule has 1 unspecified atom stereocenters. The van der Waals surface area contributed by atoms with Gasteiger partial charge in [0, 0.05) is 18.2 Å². The van der Waals surface area contributed by atoms with E-state index in [1.165, 1.54) is 31.4 Å². The van der Waals surface area contributed by atoms with Crippen molar-refractivity contribution in [2.45, 2.75) is 84.4 Å². The summed E-state index contributed by atoms with van der Waals surface area (Å²) in [6.07, 6.45) is 5.45. The van der Waals surface area contributed by atoms with Crippen LogP contribution >= 0.6 is 12.2 Å². The largest absolute Gasteiger partial charge is 0.444 e. The molecule has 3 atom stereocenters. The van der Waals surface area contributed by atoms with Crippen molar-refractivity contribution in [1.82, 2.24) is 10.6 Å². The molecule has 2 rings (SSSR count). The summed E-state index contributed by atoms with van der Waals surface area (Å²) in [6, 6.07) is 5.90. The third-order valence-corrected chi connectivity index (χ3v) is 6.21. The molecule has 31 heavy (non-hydrogen) atoms. The van der Waals surface area contributed by atoms with Gasteiger partial charge in [-0.25, -0.2) is 4.79 Å². The fourth-order valence-electron chi connectivity index (χ4n) is 4.07. The van der Waals surface area contributed by atoms with Gasteiger partial charge in [0.2, 0.25) is 0 Å². The minimum atomic E-state index is -0.593. The molecule has 1 saturated carbocycles. The predicted molar refractivity (Wildman–Crippen MR) is 126 cm³/mol. The van der Waals surface area contributed by atoms with E-state index in [9.17, 15) is 14.9 Å². The number of nitrogens with zero attached hydrogens (tertiary/aromatic N) is 1. The van der Waals surface area contributed by atoms with Crippen LogP contribution < -0.4 is 10.6 Å². The van der Waals surface area contributed by atoms with Gasteiger partial charge >= 0.3 is 6.09 Å². The van der Waals surface area contributed by atoms with E-state index < -0.39 is 16.6 Å². The lowest BCUT2D eigenvalue weighted by atomic mass is 9.77. The summed E-state index contributed by atoms with van der Waals surface area (Å²) < 4.78 is 5.48. The molecule has 7 nitrogen and oxygen atoms in total. The first-order chi connectivity index (χ1) is 14.5. The summed E-state index contributed by atoms with van der Waals surface area (Å²) in [6.45, 7) is 9.59. The smallest absolute Gasteiger partial charge is 0.408 e. The highest BCUT2D eigenvalue weighted by Crippen LogP contribution is 2.32. The van der Waals surface area contributed by atoms with E-state index in [4.69, 9.17) is 17.0 Å². The second kappa shape index (κ2) is 10.9. The Balaban J connectivity index is 2.13. The topological polar surface area (TPSA) is 93.5 Å². The molecule has 0 radical (unpaired) electrons. The lowest BCUT2D eigenvalue weighted by Gasteiger charge is -2.35. The van der Waals surface area contributed by atoms with E-state index in [1.54, 1.807) is 12.1 Å². The van der Waals surface area contributed by atoms with Crippen molar-refractivity contribution < 1.29 is 14.5 Å². The SMILES string of the molecule is CC(C1CCCCC1)[C@H](NC(=O)OC(C)(C)C)C(=S)N[C@H](C)c1ccc([N+](=O)[O-])cc1. The fraction of sp³-hybridized carbons (Fsp3) is 0.652. The van der Waals surface area contributed by atoms with Crippen molar-refractivity contribution in [3.8, 4) is 0 Å². The Kier molecular flexibility index (Phi) is 8.79. The number of alkyl carbamates (subject to hydrolysis) is 1. The summed E-state index contributed by atoms with van der Waals surface area (Å²) in [7, 11) is 0. The molecule has 1 amide bonds. The third-order valence-electron chi connectivity index (χ3n) is 5.84.